The Labute approximate surface area is 329 Å². The number of fused-ring (bicyclic) bond motifs is 3. The Bertz CT molecular complexity index is 2140. The van der Waals surface area contributed by atoms with Gasteiger partial charge in [-0.3, -0.25) is 23.9 Å². The van der Waals surface area contributed by atoms with Crippen molar-refractivity contribution in [2.45, 2.75) is 106 Å². The van der Waals surface area contributed by atoms with E-state index in [1.165, 1.54) is 24.3 Å². The van der Waals surface area contributed by atoms with Gasteiger partial charge in [-0.1, -0.05) is 6.08 Å². The molecule has 7 atom stereocenters. The number of rotatable bonds is 13. The minimum absolute atomic E-state index is 0.0655. The second kappa shape index (κ2) is 14.8. The monoisotopic (exact) mass is 810 g/mol. The van der Waals surface area contributed by atoms with E-state index in [0.29, 0.717) is 30.4 Å². The summed E-state index contributed by atoms with van der Waals surface area (Å²) in [7, 11) is -2.43. The number of nitrogens with zero attached hydrogens (tertiary/aromatic N) is 3. The fraction of sp³-hybridized carbons (Fsp3) is 0.553. The summed E-state index contributed by atoms with van der Waals surface area (Å²) in [5, 5.41) is 5.89. The lowest BCUT2D eigenvalue weighted by Gasteiger charge is -2.31. The van der Waals surface area contributed by atoms with Crippen molar-refractivity contribution in [2.75, 3.05) is 20.2 Å². The number of aromatic nitrogens is 1. The molecule has 7 rings (SSSR count). The van der Waals surface area contributed by atoms with Gasteiger partial charge < -0.3 is 39.4 Å². The third kappa shape index (κ3) is 8.20. The van der Waals surface area contributed by atoms with Crippen LogP contribution >= 0.6 is 0 Å². The highest BCUT2D eigenvalue weighted by atomic mass is 32.2. The van der Waals surface area contributed by atoms with Gasteiger partial charge in [-0.05, 0) is 69.7 Å². The topological polar surface area (TPSA) is 229 Å². The molecule has 0 radical (unpaired) electrons. The third-order valence-corrected chi connectivity index (χ3v) is 12.6. The highest BCUT2D eigenvalue weighted by molar-refractivity contribution is 7.91. The van der Waals surface area contributed by atoms with Crippen LogP contribution in [0, 0.1) is 5.92 Å². The Balaban J connectivity index is 1.18. The molecule has 1 aromatic carbocycles. The number of benzene rings is 1. The smallest absolute Gasteiger partial charge is 0.408 e. The molecule has 2 bridgehead atoms. The van der Waals surface area contributed by atoms with Crippen LogP contribution in [-0.4, -0.2) is 126 Å². The maximum absolute atomic E-state index is 14.7. The normalized spacial score (nSPS) is 26.9. The summed E-state index contributed by atoms with van der Waals surface area (Å²) >= 11 is 0. The van der Waals surface area contributed by atoms with Crippen molar-refractivity contribution in [3.63, 3.8) is 0 Å². The number of methoxy groups -OCH3 is 1. The standard InChI is InChI=1S/C38H46N6O12S/c1-6-21-17-38(21,35(49)42-57(51,52)25-8-9-25)41-31(46)28-14-23(54-32-26-10-7-22(53-5)13-20(26)11-12-39-32)19-44(28)33(47)27(40-36(50)56-37(2,3)4)16-30(45)43-18-24-15-29(43)34(48)55-24/h6-7,10-13,21,23-25,27-29H,1,8-9,14-19H2,2-5H3,(H,40,50)(H,41,46)(H,42,49)/t21?,23?,24-,27-,28-,29-,38+/m0/s1. The van der Waals surface area contributed by atoms with E-state index in [9.17, 15) is 37.2 Å². The molecular formula is C38H46N6O12S. The van der Waals surface area contributed by atoms with Gasteiger partial charge >= 0.3 is 12.1 Å². The number of ether oxygens (including phenoxy) is 4. The maximum atomic E-state index is 14.7. The van der Waals surface area contributed by atoms with Crippen LogP contribution in [-0.2, 0) is 43.5 Å². The zero-order valence-corrected chi connectivity index (χ0v) is 32.8. The minimum Gasteiger partial charge on any atom is -0.497 e. The molecule has 1 aromatic heterocycles. The lowest BCUT2D eigenvalue weighted by molar-refractivity contribution is -0.157. The van der Waals surface area contributed by atoms with Gasteiger partial charge in [0.05, 0.1) is 31.9 Å². The zero-order valence-electron chi connectivity index (χ0n) is 32.0. The van der Waals surface area contributed by atoms with E-state index in [2.05, 4.69) is 26.9 Å². The van der Waals surface area contributed by atoms with Crippen LogP contribution in [0.3, 0.4) is 0 Å². The summed E-state index contributed by atoms with van der Waals surface area (Å²) in [5.74, 6) is -3.50. The van der Waals surface area contributed by atoms with E-state index in [1.54, 1.807) is 45.0 Å². The highest BCUT2D eigenvalue weighted by Gasteiger charge is 2.62. The van der Waals surface area contributed by atoms with Gasteiger partial charge in [0.15, 0.2) is 0 Å². The number of esters is 1. The number of nitrogens with one attached hydrogen (secondary N) is 3. The average molecular weight is 811 g/mol. The van der Waals surface area contributed by atoms with Crippen molar-refractivity contribution in [1.82, 2.24) is 30.1 Å². The zero-order chi connectivity index (χ0) is 41.0. The molecule has 5 aliphatic rings. The van der Waals surface area contributed by atoms with Crippen LogP contribution in [0.15, 0.2) is 43.1 Å². The van der Waals surface area contributed by atoms with Crippen molar-refractivity contribution in [2.24, 2.45) is 5.92 Å². The number of hydrogen-bond acceptors (Lipinski definition) is 13. The molecule has 4 heterocycles. The van der Waals surface area contributed by atoms with E-state index in [1.807, 2.05) is 0 Å². The molecule has 2 aliphatic carbocycles. The first-order chi connectivity index (χ1) is 26.9. The van der Waals surface area contributed by atoms with Crippen molar-refractivity contribution >= 4 is 56.5 Å². The molecular weight excluding hydrogens is 765 g/mol. The van der Waals surface area contributed by atoms with Gasteiger partial charge in [0.25, 0.3) is 5.91 Å². The number of carbonyl (C=O) groups excluding carboxylic acids is 6. The summed E-state index contributed by atoms with van der Waals surface area (Å²) in [5.41, 5.74) is -2.63. The number of hydrogen-bond donors (Lipinski definition) is 3. The minimum atomic E-state index is -3.97. The first-order valence-electron chi connectivity index (χ1n) is 18.8. The molecule has 306 valence electrons. The summed E-state index contributed by atoms with van der Waals surface area (Å²) < 4.78 is 49.9. The molecule has 3 saturated heterocycles. The Morgan fingerprint density at radius 2 is 1.86 bits per heavy atom. The summed E-state index contributed by atoms with van der Waals surface area (Å²) in [4.78, 5) is 88.6. The van der Waals surface area contributed by atoms with Crippen molar-refractivity contribution < 1.29 is 56.1 Å². The number of likely N-dealkylation sites (tertiary alicyclic amines) is 2. The molecule has 5 amide bonds. The predicted octanol–water partition coefficient (Wildman–Crippen LogP) is 1.07. The van der Waals surface area contributed by atoms with E-state index in [4.69, 9.17) is 18.9 Å². The first-order valence-corrected chi connectivity index (χ1v) is 20.4. The molecule has 18 nitrogen and oxygen atoms in total. The lowest BCUT2D eigenvalue weighted by atomic mass is 10.1. The van der Waals surface area contributed by atoms with Crippen LogP contribution in [0.5, 0.6) is 11.6 Å². The van der Waals surface area contributed by atoms with Crippen LogP contribution in [0.4, 0.5) is 4.79 Å². The Morgan fingerprint density at radius 1 is 1.11 bits per heavy atom. The maximum Gasteiger partial charge on any atom is 0.408 e. The molecule has 57 heavy (non-hydrogen) atoms. The van der Waals surface area contributed by atoms with E-state index < -0.39 is 105 Å². The summed E-state index contributed by atoms with van der Waals surface area (Å²) in [6, 6.07) is 3.32. The second-order valence-corrected chi connectivity index (χ2v) is 18.1. The molecule has 0 spiro atoms. The molecule has 2 saturated carbocycles. The molecule has 2 aromatic rings. The Hall–Kier alpha value is -5.46. The molecule has 3 aliphatic heterocycles. The SMILES string of the molecule is C=CC1C[C@]1(NC(=O)[C@@H]1CC(Oc2nccc3cc(OC)ccc23)CN1C(=O)[C@H](CC(=O)N1C[C@@H]2C[C@H]1C(=O)O2)NC(=O)OC(C)(C)C)C(=O)NS(=O)(=O)C1CC1. The molecule has 2 unspecified atom stereocenters. The van der Waals surface area contributed by atoms with Gasteiger partial charge in [0.1, 0.15) is 47.2 Å². The number of morpholine rings is 1. The van der Waals surface area contributed by atoms with E-state index in [0.717, 1.165) is 10.3 Å². The Morgan fingerprint density at radius 3 is 2.49 bits per heavy atom. The quantitative estimate of drug-likeness (QED) is 0.190. The number of sulfonamides is 1. The number of amides is 5. The number of pyridine rings is 1. The summed E-state index contributed by atoms with van der Waals surface area (Å²) in [6.07, 6.45) is 1.16. The van der Waals surface area contributed by atoms with Gasteiger partial charge in [-0.15, -0.1) is 6.58 Å². The number of carbonyl (C=O) groups is 6. The molecule has 19 heteroatoms. The average Bonchev–Trinajstić information content (AvgIpc) is 4.00. The van der Waals surface area contributed by atoms with Crippen LogP contribution in [0.1, 0.15) is 59.3 Å². The van der Waals surface area contributed by atoms with Crippen LogP contribution in [0.25, 0.3) is 10.8 Å². The fourth-order valence-corrected chi connectivity index (χ4v) is 9.03. The largest absolute Gasteiger partial charge is 0.497 e. The van der Waals surface area contributed by atoms with Gasteiger partial charge in [0.2, 0.25) is 33.6 Å². The number of alkyl carbamates (subject to hydrolysis) is 1. The van der Waals surface area contributed by atoms with Gasteiger partial charge in [-0.25, -0.2) is 23.0 Å². The van der Waals surface area contributed by atoms with E-state index >= 15 is 0 Å². The lowest BCUT2D eigenvalue weighted by Crippen LogP contribution is -2.59. The Kier molecular flexibility index (Phi) is 10.3. The van der Waals surface area contributed by atoms with Crippen molar-refractivity contribution in [1.29, 1.82) is 0 Å². The highest BCUT2D eigenvalue weighted by Crippen LogP contribution is 2.45. The fourth-order valence-electron chi connectivity index (χ4n) is 7.67. The van der Waals surface area contributed by atoms with Gasteiger partial charge in [-0.2, -0.15) is 0 Å². The molecule has 3 N–H and O–H groups in total. The third-order valence-electron chi connectivity index (χ3n) is 10.8. The van der Waals surface area contributed by atoms with Crippen LogP contribution in [0.2, 0.25) is 0 Å². The summed E-state index contributed by atoms with van der Waals surface area (Å²) in [6.45, 7) is 8.52. The molecule has 5 fully saturated rings. The first kappa shape index (κ1) is 39.8. The second-order valence-electron chi connectivity index (χ2n) is 16.1. The van der Waals surface area contributed by atoms with Crippen molar-refractivity contribution in [3.05, 3.63) is 43.1 Å². The van der Waals surface area contributed by atoms with Crippen LogP contribution < -0.4 is 24.8 Å². The predicted molar refractivity (Wildman–Crippen MR) is 200 cm³/mol. The van der Waals surface area contributed by atoms with Crippen molar-refractivity contribution in [3.8, 4) is 11.6 Å². The van der Waals surface area contributed by atoms with Gasteiger partial charge in [0, 0.05) is 30.3 Å². The van der Waals surface area contributed by atoms with E-state index in [-0.39, 0.29) is 31.8 Å².